The third kappa shape index (κ3) is 4.65. The SMILES string of the molecule is CC1(C)c2ccccc2-c2ccc(N(c3ccc4c5ccc6oc7ccccc7c6c5n(-c5ccccc5)c4c3)c3cccc4c3-c3ccccc3C43c4ccccc4-c4ccccc43)cc21. The summed E-state index contributed by atoms with van der Waals surface area (Å²) in [6.45, 7) is 4.76. The van der Waals surface area contributed by atoms with Gasteiger partial charge in [0.1, 0.15) is 11.2 Å². The highest BCUT2D eigenvalue weighted by Crippen LogP contribution is 2.65. The maximum atomic E-state index is 6.54. The Balaban J connectivity index is 1.05. The van der Waals surface area contributed by atoms with Gasteiger partial charge in [-0.1, -0.05) is 172 Å². The largest absolute Gasteiger partial charge is 0.456 e. The molecule has 3 heteroatoms. The molecule has 10 aromatic carbocycles. The molecule has 3 aliphatic rings. The van der Waals surface area contributed by atoms with Crippen LogP contribution in [0.3, 0.4) is 0 Å². The number of para-hydroxylation sites is 2. The van der Waals surface area contributed by atoms with Gasteiger partial charge in [0.15, 0.2) is 0 Å². The van der Waals surface area contributed by atoms with E-state index in [9.17, 15) is 0 Å². The van der Waals surface area contributed by atoms with E-state index in [0.717, 1.165) is 55.7 Å². The van der Waals surface area contributed by atoms with E-state index in [1.165, 1.54) is 77.5 Å². The van der Waals surface area contributed by atoms with Crippen LogP contribution in [0.1, 0.15) is 47.2 Å². The zero-order valence-electron chi connectivity index (χ0n) is 37.1. The van der Waals surface area contributed by atoms with E-state index in [4.69, 9.17) is 4.42 Å². The van der Waals surface area contributed by atoms with Gasteiger partial charge in [-0.05, 0) is 122 Å². The van der Waals surface area contributed by atoms with Crippen molar-refractivity contribution < 1.29 is 4.42 Å². The van der Waals surface area contributed by atoms with Crippen LogP contribution >= 0.6 is 0 Å². The van der Waals surface area contributed by atoms with Crippen LogP contribution in [0.15, 0.2) is 223 Å². The monoisotopic (exact) mass is 854 g/mol. The third-order valence-electron chi connectivity index (χ3n) is 15.6. The molecule has 0 atom stereocenters. The highest BCUT2D eigenvalue weighted by atomic mass is 16.3. The summed E-state index contributed by atoms with van der Waals surface area (Å²) in [6.07, 6.45) is 0. The number of furan rings is 1. The first-order chi connectivity index (χ1) is 33.0. The zero-order chi connectivity index (χ0) is 44.2. The smallest absolute Gasteiger partial charge is 0.137 e. The lowest BCUT2D eigenvalue weighted by Crippen LogP contribution is -2.26. The van der Waals surface area contributed by atoms with E-state index in [2.05, 4.69) is 242 Å². The number of rotatable bonds is 4. The van der Waals surface area contributed by atoms with Gasteiger partial charge in [-0.15, -0.1) is 0 Å². The molecular formula is C64H42N2O. The molecule has 0 bridgehead atoms. The fourth-order valence-corrected chi connectivity index (χ4v) is 12.9. The molecule has 0 N–H and O–H groups in total. The van der Waals surface area contributed by atoms with Crippen LogP contribution in [-0.2, 0) is 10.8 Å². The minimum atomic E-state index is -0.467. The Morgan fingerprint density at radius 2 is 0.970 bits per heavy atom. The van der Waals surface area contributed by atoms with Crippen LogP contribution < -0.4 is 4.90 Å². The Hall–Kier alpha value is -8.40. The van der Waals surface area contributed by atoms with Gasteiger partial charge in [-0.2, -0.15) is 0 Å². The predicted molar refractivity (Wildman–Crippen MR) is 277 cm³/mol. The quantitative estimate of drug-likeness (QED) is 0.176. The molecule has 0 fully saturated rings. The highest BCUT2D eigenvalue weighted by molar-refractivity contribution is 6.25. The third-order valence-corrected chi connectivity index (χ3v) is 15.6. The Morgan fingerprint density at radius 1 is 0.403 bits per heavy atom. The van der Waals surface area contributed by atoms with Crippen LogP contribution in [0.25, 0.3) is 82.8 Å². The van der Waals surface area contributed by atoms with Crippen molar-refractivity contribution in [2.45, 2.75) is 24.7 Å². The summed E-state index contributed by atoms with van der Waals surface area (Å²) in [5.41, 5.74) is 23.7. The Labute approximate surface area is 388 Å². The number of nitrogens with zero attached hydrogens (tertiary/aromatic N) is 2. The van der Waals surface area contributed by atoms with Gasteiger partial charge in [0.25, 0.3) is 0 Å². The molecule has 1 spiro atoms. The van der Waals surface area contributed by atoms with Crippen molar-refractivity contribution in [1.29, 1.82) is 0 Å². The molecule has 0 amide bonds. The fraction of sp³-hybridized carbons (Fsp3) is 0.0625. The number of hydrogen-bond donors (Lipinski definition) is 0. The molecule has 2 aromatic heterocycles. The normalized spacial score (nSPS) is 14.4. The van der Waals surface area contributed by atoms with Crippen molar-refractivity contribution in [3.05, 3.63) is 252 Å². The lowest BCUT2D eigenvalue weighted by atomic mass is 9.70. The number of anilines is 3. The van der Waals surface area contributed by atoms with Gasteiger partial charge in [-0.3, -0.25) is 0 Å². The van der Waals surface area contributed by atoms with E-state index in [0.29, 0.717) is 0 Å². The van der Waals surface area contributed by atoms with Crippen LogP contribution in [0.2, 0.25) is 0 Å². The summed E-state index contributed by atoms with van der Waals surface area (Å²) in [5, 5.41) is 4.64. The molecule has 3 aliphatic carbocycles. The minimum Gasteiger partial charge on any atom is -0.456 e. The standard InChI is InChI=1S/C64H42N2O/c1-63(2)50-24-11-6-19-42(50)45-33-31-40(37-55(45)63)65(56-29-16-28-54-60(56)48-22-9-14-27-53(48)64(54)51-25-12-7-20-43(51)44-21-8-13-26-52(44)64)41-32-34-46-47-35-36-59-61(49-23-10-15-30-58(49)67-59)62(47)66(57(46)38-41)39-17-4-3-5-18-39/h3-38H,1-2H3. The van der Waals surface area contributed by atoms with Crippen molar-refractivity contribution in [2.75, 3.05) is 4.90 Å². The molecule has 67 heavy (non-hydrogen) atoms. The van der Waals surface area contributed by atoms with E-state index >= 15 is 0 Å². The molecule has 2 heterocycles. The minimum absolute atomic E-state index is 0.178. The van der Waals surface area contributed by atoms with Crippen molar-refractivity contribution >= 4 is 60.8 Å². The maximum absolute atomic E-state index is 6.54. The predicted octanol–water partition coefficient (Wildman–Crippen LogP) is 16.8. The summed E-state index contributed by atoms with van der Waals surface area (Å²) in [7, 11) is 0. The maximum Gasteiger partial charge on any atom is 0.137 e. The van der Waals surface area contributed by atoms with Crippen LogP contribution in [0.5, 0.6) is 0 Å². The van der Waals surface area contributed by atoms with E-state index in [1.54, 1.807) is 0 Å². The zero-order valence-corrected chi connectivity index (χ0v) is 37.1. The first-order valence-corrected chi connectivity index (χ1v) is 23.4. The molecule has 0 radical (unpaired) electrons. The molecule has 314 valence electrons. The number of benzene rings is 10. The lowest BCUT2D eigenvalue weighted by Gasteiger charge is -2.32. The average molecular weight is 855 g/mol. The summed E-state index contributed by atoms with van der Waals surface area (Å²) in [6, 6.07) is 81.3. The second-order valence-corrected chi connectivity index (χ2v) is 19.1. The lowest BCUT2D eigenvalue weighted by molar-refractivity contribution is 0.660. The summed E-state index contributed by atoms with van der Waals surface area (Å²) >= 11 is 0. The van der Waals surface area contributed by atoms with Gasteiger partial charge in [-0.25, -0.2) is 0 Å². The fourth-order valence-electron chi connectivity index (χ4n) is 12.9. The molecule has 0 saturated carbocycles. The van der Waals surface area contributed by atoms with Gasteiger partial charge in [0.2, 0.25) is 0 Å². The highest BCUT2D eigenvalue weighted by Gasteiger charge is 2.52. The molecular weight excluding hydrogens is 813 g/mol. The van der Waals surface area contributed by atoms with Crippen molar-refractivity contribution in [3.63, 3.8) is 0 Å². The second-order valence-electron chi connectivity index (χ2n) is 19.1. The summed E-state index contributed by atoms with van der Waals surface area (Å²) in [5.74, 6) is 0. The molecule has 0 aliphatic heterocycles. The average Bonchev–Trinajstić information content (AvgIpc) is 4.14. The Kier molecular flexibility index (Phi) is 7.22. The Bertz CT molecular complexity index is 4040. The van der Waals surface area contributed by atoms with Crippen LogP contribution in [0.4, 0.5) is 17.1 Å². The molecule has 0 unspecified atom stereocenters. The van der Waals surface area contributed by atoms with E-state index in [-0.39, 0.29) is 5.41 Å². The first kappa shape index (κ1) is 36.9. The first-order valence-electron chi connectivity index (χ1n) is 23.4. The summed E-state index contributed by atoms with van der Waals surface area (Å²) in [4.78, 5) is 2.55. The number of hydrogen-bond acceptors (Lipinski definition) is 2. The summed E-state index contributed by atoms with van der Waals surface area (Å²) < 4.78 is 9.00. The van der Waals surface area contributed by atoms with Gasteiger partial charge in [0.05, 0.1) is 27.5 Å². The number of fused-ring (bicyclic) bond motifs is 20. The van der Waals surface area contributed by atoms with Crippen LogP contribution in [0, 0.1) is 0 Å². The molecule has 0 saturated heterocycles. The Morgan fingerprint density at radius 3 is 1.73 bits per heavy atom. The van der Waals surface area contributed by atoms with Crippen molar-refractivity contribution in [3.8, 4) is 39.1 Å². The van der Waals surface area contributed by atoms with Crippen molar-refractivity contribution in [1.82, 2.24) is 4.57 Å². The molecule has 12 aromatic rings. The topological polar surface area (TPSA) is 21.3 Å². The van der Waals surface area contributed by atoms with Crippen molar-refractivity contribution in [2.24, 2.45) is 0 Å². The number of aromatic nitrogens is 1. The van der Waals surface area contributed by atoms with E-state index < -0.39 is 5.41 Å². The van der Waals surface area contributed by atoms with Gasteiger partial charge < -0.3 is 13.9 Å². The van der Waals surface area contributed by atoms with Crippen LogP contribution in [-0.4, -0.2) is 4.57 Å². The van der Waals surface area contributed by atoms with Gasteiger partial charge in [0, 0.05) is 44.2 Å². The molecule has 15 rings (SSSR count). The van der Waals surface area contributed by atoms with Gasteiger partial charge >= 0.3 is 0 Å². The molecule has 3 nitrogen and oxygen atoms in total. The second kappa shape index (κ2) is 13.1. The van der Waals surface area contributed by atoms with E-state index in [1.807, 2.05) is 0 Å².